The van der Waals surface area contributed by atoms with Gasteiger partial charge in [-0.3, -0.25) is 4.98 Å². The van der Waals surface area contributed by atoms with Gasteiger partial charge >= 0.3 is 0 Å². The third-order valence-electron chi connectivity index (χ3n) is 4.90. The molecule has 0 amide bonds. The summed E-state index contributed by atoms with van der Waals surface area (Å²) < 4.78 is 5.64. The van der Waals surface area contributed by atoms with Crippen LogP contribution in [0, 0.1) is 12.8 Å². The summed E-state index contributed by atoms with van der Waals surface area (Å²) in [5, 5.41) is 9.50. The molecular formula is C20H22N4O2. The fourth-order valence-electron chi connectivity index (χ4n) is 3.49. The molecule has 0 aromatic carbocycles. The Morgan fingerprint density at radius 1 is 1.27 bits per heavy atom. The molecule has 0 bridgehead atoms. The molecule has 6 nitrogen and oxygen atoms in total. The third-order valence-corrected chi connectivity index (χ3v) is 4.90. The zero-order valence-corrected chi connectivity index (χ0v) is 14.8. The Morgan fingerprint density at radius 3 is 2.96 bits per heavy atom. The maximum atomic E-state index is 9.50. The Morgan fingerprint density at radius 2 is 2.19 bits per heavy atom. The minimum Gasteiger partial charge on any atom is -0.463 e. The van der Waals surface area contributed by atoms with E-state index < -0.39 is 0 Å². The molecule has 6 heteroatoms. The van der Waals surface area contributed by atoms with Gasteiger partial charge in [-0.05, 0) is 55.0 Å². The highest BCUT2D eigenvalue weighted by molar-refractivity contribution is 5.80. The number of rotatable bonds is 4. The van der Waals surface area contributed by atoms with Gasteiger partial charge in [0.1, 0.15) is 5.69 Å². The average Bonchev–Trinajstić information content (AvgIpc) is 3.23. The van der Waals surface area contributed by atoms with Crippen LogP contribution in [0.25, 0.3) is 22.6 Å². The van der Waals surface area contributed by atoms with Gasteiger partial charge in [-0.15, -0.1) is 0 Å². The molecule has 4 rings (SSSR count). The molecule has 1 aliphatic heterocycles. The summed E-state index contributed by atoms with van der Waals surface area (Å²) >= 11 is 0. The first-order valence-electron chi connectivity index (χ1n) is 8.94. The molecule has 3 aromatic heterocycles. The minimum absolute atomic E-state index is 0.204. The van der Waals surface area contributed by atoms with Gasteiger partial charge in [0.25, 0.3) is 0 Å². The van der Waals surface area contributed by atoms with Gasteiger partial charge < -0.3 is 14.4 Å². The van der Waals surface area contributed by atoms with E-state index in [-0.39, 0.29) is 12.5 Å². The molecule has 1 aliphatic rings. The fraction of sp³-hybridized carbons (Fsp3) is 0.350. The van der Waals surface area contributed by atoms with Crippen molar-refractivity contribution >= 4 is 5.95 Å². The Labute approximate surface area is 152 Å². The Hall–Kier alpha value is -2.73. The van der Waals surface area contributed by atoms with E-state index in [9.17, 15) is 5.11 Å². The molecule has 0 unspecified atom stereocenters. The Balaban J connectivity index is 1.78. The monoisotopic (exact) mass is 350 g/mol. The van der Waals surface area contributed by atoms with Gasteiger partial charge in [-0.1, -0.05) is 0 Å². The number of piperidine rings is 1. The second kappa shape index (κ2) is 7.25. The summed E-state index contributed by atoms with van der Waals surface area (Å²) in [6.07, 6.45) is 9.22. The summed E-state index contributed by atoms with van der Waals surface area (Å²) in [6, 6.07) is 5.75. The molecule has 1 fully saturated rings. The molecule has 26 heavy (non-hydrogen) atoms. The number of pyridine rings is 1. The molecular weight excluding hydrogens is 328 g/mol. The van der Waals surface area contributed by atoms with Crippen LogP contribution in [0.4, 0.5) is 5.95 Å². The van der Waals surface area contributed by atoms with E-state index >= 15 is 0 Å². The molecule has 1 saturated heterocycles. The molecule has 1 atom stereocenters. The van der Waals surface area contributed by atoms with Crippen molar-refractivity contribution in [3.63, 3.8) is 0 Å². The molecule has 134 valence electrons. The average molecular weight is 350 g/mol. The highest BCUT2D eigenvalue weighted by atomic mass is 16.3. The third kappa shape index (κ3) is 3.20. The topological polar surface area (TPSA) is 75.3 Å². The SMILES string of the molecule is Cc1cnccc1-c1cnc(N2CCC[C@@H](CO)C2)nc1-c1ccco1. The zero-order valence-electron chi connectivity index (χ0n) is 14.8. The maximum absolute atomic E-state index is 9.50. The Bertz CT molecular complexity index is 879. The van der Waals surface area contributed by atoms with E-state index in [0.29, 0.717) is 5.95 Å². The summed E-state index contributed by atoms with van der Waals surface area (Å²) in [6.45, 7) is 3.91. The van der Waals surface area contributed by atoms with Crippen molar-refractivity contribution in [2.75, 3.05) is 24.6 Å². The largest absolute Gasteiger partial charge is 0.463 e. The number of aliphatic hydroxyl groups excluding tert-OH is 1. The second-order valence-corrected chi connectivity index (χ2v) is 6.74. The maximum Gasteiger partial charge on any atom is 0.226 e. The lowest BCUT2D eigenvalue weighted by atomic mass is 9.99. The first-order valence-corrected chi connectivity index (χ1v) is 8.94. The standard InChI is InChI=1S/C20H22N4O2/c1-14-10-21-7-6-16(14)17-11-22-20(23-19(17)18-5-3-9-26-18)24-8-2-4-15(12-24)13-25/h3,5-7,9-11,15,25H,2,4,8,12-13H2,1H3/t15-/m1/s1. The lowest BCUT2D eigenvalue weighted by Gasteiger charge is -2.32. The minimum atomic E-state index is 0.204. The van der Waals surface area contributed by atoms with Crippen molar-refractivity contribution in [1.29, 1.82) is 0 Å². The van der Waals surface area contributed by atoms with Gasteiger partial charge in [-0.2, -0.15) is 0 Å². The van der Waals surface area contributed by atoms with E-state index in [0.717, 1.165) is 54.1 Å². The first-order chi connectivity index (χ1) is 12.8. The van der Waals surface area contributed by atoms with Crippen molar-refractivity contribution in [1.82, 2.24) is 15.0 Å². The van der Waals surface area contributed by atoms with Gasteiger partial charge in [0, 0.05) is 43.9 Å². The van der Waals surface area contributed by atoms with Crippen LogP contribution >= 0.6 is 0 Å². The van der Waals surface area contributed by atoms with Crippen molar-refractivity contribution in [2.45, 2.75) is 19.8 Å². The summed E-state index contributed by atoms with van der Waals surface area (Å²) in [5.74, 6) is 1.68. The number of aryl methyl sites for hydroxylation is 1. The Kier molecular flexibility index (Phi) is 4.67. The van der Waals surface area contributed by atoms with E-state index in [2.05, 4.69) is 14.9 Å². The highest BCUT2D eigenvalue weighted by Gasteiger charge is 2.23. The number of aliphatic hydroxyl groups is 1. The van der Waals surface area contributed by atoms with E-state index in [4.69, 9.17) is 9.40 Å². The highest BCUT2D eigenvalue weighted by Crippen LogP contribution is 2.33. The number of aromatic nitrogens is 3. The molecule has 4 heterocycles. The predicted molar refractivity (Wildman–Crippen MR) is 99.7 cm³/mol. The van der Waals surface area contributed by atoms with Crippen molar-refractivity contribution in [3.8, 4) is 22.6 Å². The normalized spacial score (nSPS) is 17.5. The van der Waals surface area contributed by atoms with Crippen LogP contribution < -0.4 is 4.90 Å². The van der Waals surface area contributed by atoms with Crippen LogP contribution in [-0.4, -0.2) is 39.8 Å². The van der Waals surface area contributed by atoms with Crippen LogP contribution in [-0.2, 0) is 0 Å². The van der Waals surface area contributed by atoms with Crippen LogP contribution in [0.1, 0.15) is 18.4 Å². The lowest BCUT2D eigenvalue weighted by molar-refractivity contribution is 0.208. The molecule has 3 aromatic rings. The van der Waals surface area contributed by atoms with Crippen molar-refractivity contribution in [3.05, 3.63) is 48.6 Å². The summed E-state index contributed by atoms with van der Waals surface area (Å²) in [5.41, 5.74) is 3.82. The predicted octanol–water partition coefficient (Wildman–Crippen LogP) is 3.32. The molecule has 1 N–H and O–H groups in total. The number of furan rings is 1. The van der Waals surface area contributed by atoms with E-state index in [1.54, 1.807) is 12.5 Å². The smallest absolute Gasteiger partial charge is 0.226 e. The number of hydrogen-bond donors (Lipinski definition) is 1. The van der Waals surface area contributed by atoms with Gasteiger partial charge in [0.2, 0.25) is 5.95 Å². The molecule has 0 radical (unpaired) electrons. The van der Waals surface area contributed by atoms with Crippen LogP contribution in [0.3, 0.4) is 0 Å². The fourth-order valence-corrected chi connectivity index (χ4v) is 3.49. The lowest BCUT2D eigenvalue weighted by Crippen LogP contribution is -2.37. The molecule has 0 saturated carbocycles. The molecule has 0 spiro atoms. The quantitative estimate of drug-likeness (QED) is 0.778. The second-order valence-electron chi connectivity index (χ2n) is 6.74. The van der Waals surface area contributed by atoms with Gasteiger partial charge in [-0.25, -0.2) is 9.97 Å². The van der Waals surface area contributed by atoms with E-state index in [1.807, 2.05) is 37.5 Å². The van der Waals surface area contributed by atoms with Crippen LogP contribution in [0.5, 0.6) is 0 Å². The zero-order chi connectivity index (χ0) is 17.9. The van der Waals surface area contributed by atoms with Gasteiger partial charge in [0.15, 0.2) is 5.76 Å². The van der Waals surface area contributed by atoms with Crippen molar-refractivity contribution in [2.24, 2.45) is 5.92 Å². The number of anilines is 1. The number of hydrogen-bond acceptors (Lipinski definition) is 6. The summed E-state index contributed by atoms with van der Waals surface area (Å²) in [7, 11) is 0. The van der Waals surface area contributed by atoms with Gasteiger partial charge in [0.05, 0.1) is 6.26 Å². The number of nitrogens with zero attached hydrogens (tertiary/aromatic N) is 4. The first kappa shape index (κ1) is 16.7. The van der Waals surface area contributed by atoms with E-state index in [1.165, 1.54) is 0 Å². The summed E-state index contributed by atoms with van der Waals surface area (Å²) in [4.78, 5) is 15.8. The van der Waals surface area contributed by atoms with Crippen LogP contribution in [0.15, 0.2) is 47.5 Å². The van der Waals surface area contributed by atoms with Crippen LogP contribution in [0.2, 0.25) is 0 Å². The molecule has 0 aliphatic carbocycles. The van der Waals surface area contributed by atoms with Crippen molar-refractivity contribution < 1.29 is 9.52 Å².